The van der Waals surface area contributed by atoms with E-state index in [0.29, 0.717) is 19.7 Å². The van der Waals surface area contributed by atoms with Crippen molar-refractivity contribution < 1.29 is 9.53 Å². The maximum Gasteiger partial charge on any atom is 0.315 e. The van der Waals surface area contributed by atoms with Gasteiger partial charge in [0.25, 0.3) is 0 Å². The van der Waals surface area contributed by atoms with E-state index in [-0.39, 0.29) is 11.6 Å². The molecule has 0 atom stereocenters. The summed E-state index contributed by atoms with van der Waals surface area (Å²) in [6, 6.07) is 14.2. The van der Waals surface area contributed by atoms with Crippen molar-refractivity contribution in [2.24, 2.45) is 0 Å². The first-order valence-electron chi connectivity index (χ1n) is 9.02. The lowest BCUT2D eigenvalue weighted by atomic mass is 10.1. The smallest absolute Gasteiger partial charge is 0.315 e. The second-order valence-corrected chi connectivity index (χ2v) is 7.69. The van der Waals surface area contributed by atoms with Gasteiger partial charge in [-0.05, 0) is 56.9 Å². The number of carbonyl (C=O) groups is 1. The molecule has 0 radical (unpaired) electrons. The van der Waals surface area contributed by atoms with E-state index < -0.39 is 0 Å². The standard InChI is InChI=1S/C22H30N2O2/c1-16-9-10-20(17(2)11-16)14-24-21(25)23-13-18-7-6-8-19(12-18)15-26-22(3,4)5/h6-12H,13-15H2,1-5H3,(H2,23,24,25). The van der Waals surface area contributed by atoms with Crippen LogP contribution in [0.5, 0.6) is 0 Å². The third kappa shape index (κ3) is 6.89. The second-order valence-electron chi connectivity index (χ2n) is 7.69. The van der Waals surface area contributed by atoms with Gasteiger partial charge in [-0.3, -0.25) is 0 Å². The van der Waals surface area contributed by atoms with Gasteiger partial charge in [-0.1, -0.05) is 48.0 Å². The van der Waals surface area contributed by atoms with Gasteiger partial charge in [0.05, 0.1) is 12.2 Å². The fourth-order valence-corrected chi connectivity index (χ4v) is 2.59. The van der Waals surface area contributed by atoms with Gasteiger partial charge in [0.2, 0.25) is 0 Å². The first kappa shape index (κ1) is 20.0. The Bertz CT molecular complexity index is 748. The van der Waals surface area contributed by atoms with E-state index in [4.69, 9.17) is 4.74 Å². The number of hydrogen-bond acceptors (Lipinski definition) is 2. The molecule has 2 rings (SSSR count). The zero-order valence-corrected chi connectivity index (χ0v) is 16.5. The highest BCUT2D eigenvalue weighted by Gasteiger charge is 2.10. The zero-order chi connectivity index (χ0) is 19.2. The summed E-state index contributed by atoms with van der Waals surface area (Å²) in [5.41, 5.74) is 5.55. The lowest BCUT2D eigenvalue weighted by Gasteiger charge is -2.19. The highest BCUT2D eigenvalue weighted by atomic mass is 16.5. The van der Waals surface area contributed by atoms with Crippen LogP contribution < -0.4 is 10.6 Å². The predicted molar refractivity (Wildman–Crippen MR) is 106 cm³/mol. The number of nitrogens with one attached hydrogen (secondary N) is 2. The predicted octanol–water partition coefficient (Wildman–Crippen LogP) is 4.62. The molecule has 4 nitrogen and oxygen atoms in total. The lowest BCUT2D eigenvalue weighted by molar-refractivity contribution is -0.0149. The van der Waals surface area contributed by atoms with Crippen LogP contribution in [0.1, 0.15) is 48.6 Å². The Balaban J connectivity index is 1.81. The van der Waals surface area contributed by atoms with Crippen LogP contribution >= 0.6 is 0 Å². The van der Waals surface area contributed by atoms with Gasteiger partial charge in [0.1, 0.15) is 0 Å². The molecule has 2 amide bonds. The number of carbonyl (C=O) groups excluding carboxylic acids is 1. The fraction of sp³-hybridized carbons (Fsp3) is 0.409. The number of ether oxygens (including phenoxy) is 1. The van der Waals surface area contributed by atoms with E-state index in [1.165, 1.54) is 11.1 Å². The number of amides is 2. The molecular formula is C22H30N2O2. The van der Waals surface area contributed by atoms with Gasteiger partial charge in [-0.25, -0.2) is 4.79 Å². The highest BCUT2D eigenvalue weighted by molar-refractivity contribution is 5.73. The minimum atomic E-state index is -0.165. The molecule has 4 heteroatoms. The summed E-state index contributed by atoms with van der Waals surface area (Å²) in [7, 11) is 0. The topological polar surface area (TPSA) is 50.4 Å². The summed E-state index contributed by atoms with van der Waals surface area (Å²) in [5.74, 6) is 0. The Labute approximate surface area is 157 Å². The van der Waals surface area contributed by atoms with E-state index in [9.17, 15) is 4.79 Å². The number of hydrogen-bond donors (Lipinski definition) is 2. The highest BCUT2D eigenvalue weighted by Crippen LogP contribution is 2.13. The van der Waals surface area contributed by atoms with Crippen molar-refractivity contribution >= 4 is 6.03 Å². The average molecular weight is 354 g/mol. The molecular weight excluding hydrogens is 324 g/mol. The molecule has 2 aromatic rings. The van der Waals surface area contributed by atoms with Gasteiger partial charge in [0, 0.05) is 13.1 Å². The Morgan fingerprint density at radius 3 is 2.35 bits per heavy atom. The minimum absolute atomic E-state index is 0.164. The van der Waals surface area contributed by atoms with Crippen molar-refractivity contribution in [2.45, 2.75) is 59.9 Å². The number of aryl methyl sites for hydroxylation is 2. The molecule has 0 unspecified atom stereocenters. The SMILES string of the molecule is Cc1ccc(CNC(=O)NCc2cccc(COC(C)(C)C)c2)c(C)c1. The molecule has 2 aromatic carbocycles. The van der Waals surface area contributed by atoms with Crippen LogP contribution in [0, 0.1) is 13.8 Å². The molecule has 0 bridgehead atoms. The zero-order valence-electron chi connectivity index (χ0n) is 16.5. The Morgan fingerprint density at radius 1 is 0.962 bits per heavy atom. The van der Waals surface area contributed by atoms with Crippen LogP contribution in [0.4, 0.5) is 4.79 Å². The van der Waals surface area contributed by atoms with Crippen molar-refractivity contribution in [1.82, 2.24) is 10.6 Å². The van der Waals surface area contributed by atoms with E-state index in [1.54, 1.807) is 0 Å². The Kier molecular flexibility index (Phi) is 6.81. The van der Waals surface area contributed by atoms with E-state index in [0.717, 1.165) is 16.7 Å². The van der Waals surface area contributed by atoms with E-state index >= 15 is 0 Å². The van der Waals surface area contributed by atoms with Gasteiger partial charge in [-0.15, -0.1) is 0 Å². The molecule has 0 aliphatic heterocycles. The van der Waals surface area contributed by atoms with Crippen molar-refractivity contribution in [2.75, 3.05) is 0 Å². The fourth-order valence-electron chi connectivity index (χ4n) is 2.59. The molecule has 0 aliphatic rings. The molecule has 0 saturated heterocycles. The first-order chi connectivity index (χ1) is 12.2. The Morgan fingerprint density at radius 2 is 1.65 bits per heavy atom. The van der Waals surface area contributed by atoms with E-state index in [1.807, 2.05) is 39.0 Å². The molecule has 140 valence electrons. The van der Waals surface area contributed by atoms with Crippen LogP contribution in [0.2, 0.25) is 0 Å². The van der Waals surface area contributed by atoms with Crippen LogP contribution in [-0.4, -0.2) is 11.6 Å². The number of urea groups is 1. The largest absolute Gasteiger partial charge is 0.371 e. The van der Waals surface area contributed by atoms with Crippen molar-refractivity contribution in [3.05, 3.63) is 70.3 Å². The van der Waals surface area contributed by atoms with E-state index in [2.05, 4.69) is 48.7 Å². The van der Waals surface area contributed by atoms with Crippen LogP contribution in [0.25, 0.3) is 0 Å². The van der Waals surface area contributed by atoms with Crippen LogP contribution in [0.15, 0.2) is 42.5 Å². The summed E-state index contributed by atoms with van der Waals surface area (Å²) < 4.78 is 5.80. The summed E-state index contributed by atoms with van der Waals surface area (Å²) in [6.07, 6.45) is 0. The Hall–Kier alpha value is -2.33. The van der Waals surface area contributed by atoms with Crippen molar-refractivity contribution in [1.29, 1.82) is 0 Å². The number of benzene rings is 2. The molecule has 0 spiro atoms. The third-order valence-electron chi connectivity index (χ3n) is 4.05. The first-order valence-corrected chi connectivity index (χ1v) is 9.02. The summed E-state index contributed by atoms with van der Waals surface area (Å²) >= 11 is 0. The van der Waals surface area contributed by atoms with Crippen LogP contribution in [-0.2, 0) is 24.4 Å². The van der Waals surface area contributed by atoms with Crippen LogP contribution in [0.3, 0.4) is 0 Å². The normalized spacial score (nSPS) is 11.3. The third-order valence-corrected chi connectivity index (χ3v) is 4.05. The molecule has 0 fully saturated rings. The van der Waals surface area contributed by atoms with Crippen molar-refractivity contribution in [3.63, 3.8) is 0 Å². The summed E-state index contributed by atoms with van der Waals surface area (Å²) in [5, 5.41) is 5.82. The van der Waals surface area contributed by atoms with Crippen molar-refractivity contribution in [3.8, 4) is 0 Å². The average Bonchev–Trinajstić information content (AvgIpc) is 2.57. The maximum atomic E-state index is 12.1. The molecule has 0 aliphatic carbocycles. The molecule has 0 aromatic heterocycles. The second kappa shape index (κ2) is 8.86. The molecule has 0 saturated carbocycles. The monoisotopic (exact) mass is 354 g/mol. The minimum Gasteiger partial charge on any atom is -0.371 e. The quantitative estimate of drug-likeness (QED) is 0.795. The molecule has 26 heavy (non-hydrogen) atoms. The van der Waals surface area contributed by atoms with Gasteiger partial charge in [-0.2, -0.15) is 0 Å². The lowest BCUT2D eigenvalue weighted by Crippen LogP contribution is -2.34. The maximum absolute atomic E-state index is 12.1. The van der Waals surface area contributed by atoms with Gasteiger partial charge in [0.15, 0.2) is 0 Å². The summed E-state index contributed by atoms with van der Waals surface area (Å²) in [6.45, 7) is 11.8. The molecule has 0 heterocycles. The van der Waals surface area contributed by atoms with Gasteiger partial charge >= 0.3 is 6.03 Å². The number of rotatable bonds is 6. The van der Waals surface area contributed by atoms with Gasteiger partial charge < -0.3 is 15.4 Å². The summed E-state index contributed by atoms with van der Waals surface area (Å²) in [4.78, 5) is 12.1. The molecule has 2 N–H and O–H groups in total.